The first-order valence-corrected chi connectivity index (χ1v) is 16.3. The van der Waals surface area contributed by atoms with Crippen LogP contribution in [0.5, 0.6) is 0 Å². The van der Waals surface area contributed by atoms with Crippen LogP contribution < -0.4 is 0 Å². The van der Waals surface area contributed by atoms with Crippen molar-refractivity contribution >= 4 is 11.9 Å². The predicted octanol–water partition coefficient (Wildman–Crippen LogP) is 10.8. The van der Waals surface area contributed by atoms with Gasteiger partial charge in [0.05, 0.1) is 5.41 Å². The van der Waals surface area contributed by atoms with Crippen molar-refractivity contribution in [3.05, 3.63) is 0 Å². The molecule has 0 heterocycles. The summed E-state index contributed by atoms with van der Waals surface area (Å²) in [6, 6.07) is 0. The van der Waals surface area contributed by atoms with Gasteiger partial charge in [-0.25, -0.2) is 0 Å². The zero-order valence-corrected chi connectivity index (χ0v) is 25.3. The average molecular weight is 525 g/mol. The first-order chi connectivity index (χ1) is 17.8. The normalized spacial score (nSPS) is 12.8. The van der Waals surface area contributed by atoms with Crippen LogP contribution in [0, 0.1) is 17.3 Å². The minimum atomic E-state index is -0.681. The lowest BCUT2D eigenvalue weighted by Crippen LogP contribution is -2.41. The van der Waals surface area contributed by atoms with Crippen molar-refractivity contribution in [2.45, 2.75) is 182 Å². The molecule has 0 saturated heterocycles. The molecule has 0 aromatic carbocycles. The Bertz CT molecular complexity index is 528. The highest BCUT2D eigenvalue weighted by Gasteiger charge is 2.45. The van der Waals surface area contributed by atoms with Crippen LogP contribution in [-0.2, 0) is 9.59 Å². The van der Waals surface area contributed by atoms with Gasteiger partial charge in [-0.2, -0.15) is 0 Å². The Labute approximate surface area is 230 Å². The van der Waals surface area contributed by atoms with Gasteiger partial charge in [0.15, 0.2) is 0 Å². The van der Waals surface area contributed by atoms with Gasteiger partial charge in [0.25, 0.3) is 0 Å². The van der Waals surface area contributed by atoms with E-state index in [9.17, 15) is 14.7 Å². The van der Waals surface area contributed by atoms with Crippen LogP contribution in [-0.4, -0.2) is 22.2 Å². The van der Waals surface area contributed by atoms with Gasteiger partial charge in [-0.15, -0.1) is 0 Å². The van der Waals surface area contributed by atoms with E-state index < -0.39 is 17.4 Å². The zero-order chi connectivity index (χ0) is 27.8. The Morgan fingerprint density at radius 2 is 0.946 bits per heavy atom. The molecule has 0 fully saturated rings. The summed E-state index contributed by atoms with van der Waals surface area (Å²) in [5, 5.41) is 19.3. The van der Waals surface area contributed by atoms with E-state index in [0.717, 1.165) is 57.8 Å². The number of rotatable bonds is 28. The van der Waals surface area contributed by atoms with Crippen molar-refractivity contribution in [1.29, 1.82) is 0 Å². The molecule has 0 aliphatic carbocycles. The highest BCUT2D eigenvalue weighted by atomic mass is 16.4. The number of unbranched alkanes of at least 4 members (excludes halogenated alkanes) is 17. The smallest absolute Gasteiger partial charge is 0.309 e. The first-order valence-electron chi connectivity index (χ1n) is 16.3. The lowest BCUT2D eigenvalue weighted by molar-refractivity contribution is -0.156. The summed E-state index contributed by atoms with van der Waals surface area (Å²) >= 11 is 0. The number of aliphatic carboxylic acids is 2. The van der Waals surface area contributed by atoms with Crippen molar-refractivity contribution in [2.75, 3.05) is 0 Å². The minimum Gasteiger partial charge on any atom is -0.481 e. The predicted molar refractivity (Wildman–Crippen MR) is 158 cm³/mol. The van der Waals surface area contributed by atoms with Crippen LogP contribution in [0.3, 0.4) is 0 Å². The molecule has 0 aromatic heterocycles. The van der Waals surface area contributed by atoms with Crippen molar-refractivity contribution < 1.29 is 19.8 Å². The average Bonchev–Trinajstić information content (AvgIpc) is 2.85. The molecule has 0 radical (unpaired) electrons. The standard InChI is InChI=1S/C33H64O4/c1-5-7-9-19-23-27-33(32(36)37,28-24-20-10-8-6-2)30(29(3)4)25-21-17-15-13-11-12-14-16-18-22-26-31(34)35/h29-30H,5-28H2,1-4H3,(H,34,35)(H,36,37). The number of carbonyl (C=O) groups is 2. The summed E-state index contributed by atoms with van der Waals surface area (Å²) in [6.07, 6.45) is 26.6. The Morgan fingerprint density at radius 3 is 1.32 bits per heavy atom. The van der Waals surface area contributed by atoms with Crippen LogP contribution in [0.2, 0.25) is 0 Å². The fourth-order valence-corrected chi connectivity index (χ4v) is 6.26. The van der Waals surface area contributed by atoms with E-state index in [2.05, 4.69) is 27.7 Å². The zero-order valence-electron chi connectivity index (χ0n) is 25.3. The van der Waals surface area contributed by atoms with Crippen LogP contribution in [0.1, 0.15) is 182 Å². The molecule has 0 saturated carbocycles. The van der Waals surface area contributed by atoms with Crippen molar-refractivity contribution in [2.24, 2.45) is 17.3 Å². The lowest BCUT2D eigenvalue weighted by atomic mass is 9.63. The Kier molecular flexibility index (Phi) is 23.3. The second-order valence-electron chi connectivity index (χ2n) is 12.1. The largest absolute Gasteiger partial charge is 0.481 e. The quantitative estimate of drug-likeness (QED) is 0.0998. The van der Waals surface area contributed by atoms with Gasteiger partial charge in [0.1, 0.15) is 0 Å². The molecule has 0 aliphatic heterocycles. The number of hydrogen-bond acceptors (Lipinski definition) is 2. The Morgan fingerprint density at radius 1 is 0.568 bits per heavy atom. The van der Waals surface area contributed by atoms with Gasteiger partial charge in [-0.05, 0) is 37.5 Å². The molecule has 0 rings (SSSR count). The minimum absolute atomic E-state index is 0.271. The molecule has 1 atom stereocenters. The second kappa shape index (κ2) is 24.0. The molecule has 0 bridgehead atoms. The van der Waals surface area contributed by atoms with E-state index in [0.29, 0.717) is 12.3 Å². The molecule has 0 amide bonds. The molecule has 2 N–H and O–H groups in total. The molecule has 4 heteroatoms. The number of carboxylic acids is 2. The van der Waals surface area contributed by atoms with Gasteiger partial charge >= 0.3 is 11.9 Å². The van der Waals surface area contributed by atoms with Crippen LogP contribution >= 0.6 is 0 Å². The maximum absolute atomic E-state index is 12.9. The van der Waals surface area contributed by atoms with Crippen LogP contribution in [0.15, 0.2) is 0 Å². The van der Waals surface area contributed by atoms with E-state index in [1.165, 1.54) is 89.9 Å². The Hall–Kier alpha value is -1.06. The molecule has 0 aliphatic rings. The van der Waals surface area contributed by atoms with Gasteiger partial charge in [0.2, 0.25) is 0 Å². The molecule has 0 aromatic rings. The lowest BCUT2D eigenvalue weighted by Gasteiger charge is -2.40. The first kappa shape index (κ1) is 35.9. The number of hydrogen-bond donors (Lipinski definition) is 2. The summed E-state index contributed by atoms with van der Waals surface area (Å²) in [5.74, 6) is -0.531. The SMILES string of the molecule is CCCCCCCC(CCCCCCC)(C(=O)O)C(CCCCCCCCCCCCC(=O)O)C(C)C. The highest BCUT2D eigenvalue weighted by Crippen LogP contribution is 2.46. The maximum atomic E-state index is 12.9. The summed E-state index contributed by atoms with van der Waals surface area (Å²) in [4.78, 5) is 23.5. The molecule has 4 nitrogen and oxygen atoms in total. The molecular weight excluding hydrogens is 460 g/mol. The second-order valence-corrected chi connectivity index (χ2v) is 12.1. The maximum Gasteiger partial charge on any atom is 0.309 e. The van der Waals surface area contributed by atoms with E-state index in [1.807, 2.05) is 0 Å². The van der Waals surface area contributed by atoms with E-state index in [-0.39, 0.29) is 5.92 Å². The van der Waals surface area contributed by atoms with Crippen LogP contribution in [0.25, 0.3) is 0 Å². The number of carboxylic acid groups (broad SMARTS) is 2. The van der Waals surface area contributed by atoms with Gasteiger partial charge < -0.3 is 10.2 Å². The van der Waals surface area contributed by atoms with E-state index in [1.54, 1.807) is 0 Å². The van der Waals surface area contributed by atoms with Gasteiger partial charge in [-0.1, -0.05) is 150 Å². The van der Waals surface area contributed by atoms with Gasteiger partial charge in [0, 0.05) is 6.42 Å². The topological polar surface area (TPSA) is 74.6 Å². The third-order valence-electron chi connectivity index (χ3n) is 8.55. The molecule has 0 spiro atoms. The van der Waals surface area contributed by atoms with Crippen molar-refractivity contribution in [3.8, 4) is 0 Å². The van der Waals surface area contributed by atoms with Crippen molar-refractivity contribution in [1.82, 2.24) is 0 Å². The molecule has 220 valence electrons. The molecular formula is C33H64O4. The highest BCUT2D eigenvalue weighted by molar-refractivity contribution is 5.75. The Balaban J connectivity index is 4.68. The molecule has 37 heavy (non-hydrogen) atoms. The molecule has 1 unspecified atom stereocenters. The third-order valence-corrected chi connectivity index (χ3v) is 8.55. The fraction of sp³-hybridized carbons (Fsp3) is 0.939. The fourth-order valence-electron chi connectivity index (χ4n) is 6.26. The van der Waals surface area contributed by atoms with E-state index >= 15 is 0 Å². The van der Waals surface area contributed by atoms with Gasteiger partial charge in [-0.3, -0.25) is 9.59 Å². The summed E-state index contributed by atoms with van der Waals surface area (Å²) in [5.41, 5.74) is -0.548. The summed E-state index contributed by atoms with van der Waals surface area (Å²) in [6.45, 7) is 8.98. The van der Waals surface area contributed by atoms with Crippen LogP contribution in [0.4, 0.5) is 0 Å². The van der Waals surface area contributed by atoms with E-state index in [4.69, 9.17) is 5.11 Å². The third kappa shape index (κ3) is 18.0. The summed E-state index contributed by atoms with van der Waals surface area (Å²) < 4.78 is 0. The summed E-state index contributed by atoms with van der Waals surface area (Å²) in [7, 11) is 0. The van der Waals surface area contributed by atoms with Crippen molar-refractivity contribution in [3.63, 3.8) is 0 Å². The monoisotopic (exact) mass is 524 g/mol.